The Morgan fingerprint density at radius 3 is 2.49 bits per heavy atom. The minimum Gasteiger partial charge on any atom is -0.496 e. The second kappa shape index (κ2) is 9.99. The lowest BCUT2D eigenvalue weighted by Gasteiger charge is -2.34. The van der Waals surface area contributed by atoms with Crippen molar-refractivity contribution in [2.45, 2.75) is 6.54 Å². The number of piperazine rings is 1. The molecule has 1 aromatic heterocycles. The Balaban J connectivity index is 1.22. The van der Waals surface area contributed by atoms with E-state index in [-0.39, 0.29) is 12.7 Å². The minimum absolute atomic E-state index is 0.0224. The van der Waals surface area contributed by atoms with Gasteiger partial charge in [-0.1, -0.05) is 36.4 Å². The fraction of sp³-hybridized carbons (Fsp3) is 0.241. The molecule has 37 heavy (non-hydrogen) atoms. The van der Waals surface area contributed by atoms with Gasteiger partial charge in [0.15, 0.2) is 11.5 Å². The van der Waals surface area contributed by atoms with Gasteiger partial charge in [-0.05, 0) is 42.0 Å². The number of carbonyl (C=O) groups excluding carboxylic acids is 1. The maximum absolute atomic E-state index is 13.8. The molecule has 0 aliphatic carbocycles. The van der Waals surface area contributed by atoms with Gasteiger partial charge >= 0.3 is 0 Å². The average Bonchev–Trinajstić information content (AvgIpc) is 3.61. The maximum atomic E-state index is 13.8. The molecule has 0 spiro atoms. The number of para-hydroxylation sites is 2. The number of amides is 1. The van der Waals surface area contributed by atoms with Gasteiger partial charge in [0, 0.05) is 44.5 Å². The molecule has 3 heterocycles. The predicted octanol–water partition coefficient (Wildman–Crippen LogP) is 4.23. The highest BCUT2D eigenvalue weighted by Crippen LogP contribution is 2.34. The van der Waals surface area contributed by atoms with E-state index in [0.717, 1.165) is 42.4 Å². The third-order valence-electron chi connectivity index (χ3n) is 6.83. The third-order valence-corrected chi connectivity index (χ3v) is 6.83. The number of ether oxygens (including phenoxy) is 3. The quantitative estimate of drug-likeness (QED) is 0.398. The molecule has 0 unspecified atom stereocenters. The molecule has 6 rings (SSSR count). The summed E-state index contributed by atoms with van der Waals surface area (Å²) in [5.41, 5.74) is 4.05. The molecule has 188 valence electrons. The first-order valence-corrected chi connectivity index (χ1v) is 12.4. The number of fused-ring (bicyclic) bond motifs is 1. The summed E-state index contributed by atoms with van der Waals surface area (Å²) in [5.74, 6) is 2.25. The van der Waals surface area contributed by atoms with E-state index in [0.29, 0.717) is 30.1 Å². The summed E-state index contributed by atoms with van der Waals surface area (Å²) in [6.07, 6.45) is 1.83. The van der Waals surface area contributed by atoms with Crippen LogP contribution in [0.25, 0.3) is 16.9 Å². The molecule has 0 atom stereocenters. The topological polar surface area (TPSA) is 69.1 Å². The zero-order chi connectivity index (χ0) is 25.2. The Hall–Kier alpha value is -4.30. The first-order chi connectivity index (χ1) is 18.2. The first kappa shape index (κ1) is 23.1. The van der Waals surface area contributed by atoms with Crippen molar-refractivity contribution < 1.29 is 19.0 Å². The van der Waals surface area contributed by atoms with Crippen molar-refractivity contribution >= 4 is 5.91 Å². The molecule has 1 saturated heterocycles. The van der Waals surface area contributed by atoms with E-state index in [1.54, 1.807) is 11.8 Å². The zero-order valence-electron chi connectivity index (χ0n) is 20.7. The molecule has 1 amide bonds. The third kappa shape index (κ3) is 4.63. The number of aromatic nitrogens is 2. The lowest BCUT2D eigenvalue weighted by atomic mass is 10.1. The van der Waals surface area contributed by atoms with Crippen LogP contribution in [0.4, 0.5) is 0 Å². The Kier molecular flexibility index (Phi) is 6.24. The summed E-state index contributed by atoms with van der Waals surface area (Å²) in [6.45, 7) is 3.94. The molecule has 8 nitrogen and oxygen atoms in total. The normalized spacial score (nSPS) is 15.1. The summed E-state index contributed by atoms with van der Waals surface area (Å²) in [4.78, 5) is 18.1. The van der Waals surface area contributed by atoms with Gasteiger partial charge in [-0.15, -0.1) is 0 Å². The molecule has 2 aliphatic rings. The highest BCUT2D eigenvalue weighted by molar-refractivity contribution is 6.00. The minimum atomic E-state index is -0.0224. The summed E-state index contributed by atoms with van der Waals surface area (Å²) in [6, 6.07) is 23.6. The van der Waals surface area contributed by atoms with Gasteiger partial charge < -0.3 is 19.1 Å². The van der Waals surface area contributed by atoms with Gasteiger partial charge in [-0.3, -0.25) is 9.69 Å². The molecule has 0 bridgehead atoms. The highest BCUT2D eigenvalue weighted by Gasteiger charge is 2.28. The number of methoxy groups -OCH3 is 1. The lowest BCUT2D eigenvalue weighted by molar-refractivity contribution is 0.0629. The fourth-order valence-electron chi connectivity index (χ4n) is 4.86. The van der Waals surface area contributed by atoms with Gasteiger partial charge in [0.1, 0.15) is 11.4 Å². The predicted molar refractivity (Wildman–Crippen MR) is 139 cm³/mol. The van der Waals surface area contributed by atoms with Crippen LogP contribution in [0.3, 0.4) is 0 Å². The number of hydrogen-bond donors (Lipinski definition) is 0. The second-order valence-corrected chi connectivity index (χ2v) is 9.13. The molecule has 0 N–H and O–H groups in total. The first-order valence-electron chi connectivity index (χ1n) is 12.4. The summed E-state index contributed by atoms with van der Waals surface area (Å²) >= 11 is 0. The molecule has 8 heteroatoms. The number of rotatable bonds is 6. The van der Waals surface area contributed by atoms with Crippen LogP contribution in [0.5, 0.6) is 17.2 Å². The molecular formula is C29H28N4O4. The van der Waals surface area contributed by atoms with Gasteiger partial charge in [0.2, 0.25) is 6.79 Å². The number of benzene rings is 3. The van der Waals surface area contributed by atoms with Crippen LogP contribution in [0.1, 0.15) is 15.9 Å². The van der Waals surface area contributed by atoms with Crippen molar-refractivity contribution in [3.8, 4) is 34.2 Å². The zero-order valence-corrected chi connectivity index (χ0v) is 20.7. The summed E-state index contributed by atoms with van der Waals surface area (Å²) < 4.78 is 18.3. The molecule has 2 aliphatic heterocycles. The summed E-state index contributed by atoms with van der Waals surface area (Å²) in [7, 11) is 1.63. The van der Waals surface area contributed by atoms with Gasteiger partial charge in [-0.25, -0.2) is 4.68 Å². The van der Waals surface area contributed by atoms with Gasteiger partial charge in [-0.2, -0.15) is 5.10 Å². The number of hydrogen-bond acceptors (Lipinski definition) is 6. The SMILES string of the molecule is COc1ccccc1-c1nn(-c2ccccc2)cc1C(=O)N1CCN(Cc2ccc3c(c2)OCO3)CC1. The number of nitrogens with zero attached hydrogens (tertiary/aromatic N) is 4. The Morgan fingerprint density at radius 2 is 1.68 bits per heavy atom. The largest absolute Gasteiger partial charge is 0.496 e. The second-order valence-electron chi connectivity index (χ2n) is 9.13. The number of carbonyl (C=O) groups is 1. The molecule has 1 fully saturated rings. The van der Waals surface area contributed by atoms with Crippen molar-refractivity contribution in [1.82, 2.24) is 19.6 Å². The van der Waals surface area contributed by atoms with Crippen molar-refractivity contribution in [2.24, 2.45) is 0 Å². The molecular weight excluding hydrogens is 468 g/mol. The Labute approximate surface area is 215 Å². The van der Waals surface area contributed by atoms with Crippen LogP contribution < -0.4 is 14.2 Å². The molecule has 0 saturated carbocycles. The van der Waals surface area contributed by atoms with E-state index < -0.39 is 0 Å². The smallest absolute Gasteiger partial charge is 0.257 e. The molecule has 4 aromatic rings. The fourth-order valence-corrected chi connectivity index (χ4v) is 4.86. The van der Waals surface area contributed by atoms with Gasteiger partial charge in [0.25, 0.3) is 5.91 Å². The van der Waals surface area contributed by atoms with E-state index in [9.17, 15) is 4.79 Å². The molecule has 0 radical (unpaired) electrons. The van der Waals surface area contributed by atoms with E-state index in [1.165, 1.54) is 5.56 Å². The van der Waals surface area contributed by atoms with E-state index in [2.05, 4.69) is 11.0 Å². The average molecular weight is 497 g/mol. The maximum Gasteiger partial charge on any atom is 0.257 e. The van der Waals surface area contributed by atoms with Crippen molar-refractivity contribution in [1.29, 1.82) is 0 Å². The van der Waals surface area contributed by atoms with E-state index >= 15 is 0 Å². The van der Waals surface area contributed by atoms with Crippen molar-refractivity contribution in [3.63, 3.8) is 0 Å². The van der Waals surface area contributed by atoms with E-state index in [1.807, 2.05) is 77.8 Å². The van der Waals surface area contributed by atoms with Crippen LogP contribution in [-0.2, 0) is 6.54 Å². The van der Waals surface area contributed by atoms with Crippen LogP contribution in [-0.4, -0.2) is 65.6 Å². The van der Waals surface area contributed by atoms with Crippen LogP contribution in [0.2, 0.25) is 0 Å². The van der Waals surface area contributed by atoms with Crippen molar-refractivity contribution in [2.75, 3.05) is 40.1 Å². The van der Waals surface area contributed by atoms with Crippen LogP contribution in [0, 0.1) is 0 Å². The standard InChI is InChI=1S/C29H28N4O4/c1-35-25-10-6-5-9-23(25)28-24(19-33(30-28)22-7-3-2-4-8-22)29(34)32-15-13-31(14-16-32)18-21-11-12-26-27(17-21)37-20-36-26/h2-12,17,19H,13-16,18,20H2,1H3. The van der Waals surface area contributed by atoms with Crippen LogP contribution >= 0.6 is 0 Å². The summed E-state index contributed by atoms with van der Waals surface area (Å²) in [5, 5.41) is 4.83. The monoisotopic (exact) mass is 496 g/mol. The van der Waals surface area contributed by atoms with Crippen molar-refractivity contribution in [3.05, 3.63) is 90.1 Å². The lowest BCUT2D eigenvalue weighted by Crippen LogP contribution is -2.48. The Morgan fingerprint density at radius 1 is 0.919 bits per heavy atom. The molecule has 3 aromatic carbocycles. The van der Waals surface area contributed by atoms with Crippen LogP contribution in [0.15, 0.2) is 79.0 Å². The Bertz CT molecular complexity index is 1410. The van der Waals surface area contributed by atoms with E-state index in [4.69, 9.17) is 19.3 Å². The van der Waals surface area contributed by atoms with Gasteiger partial charge in [0.05, 0.1) is 18.4 Å². The highest BCUT2D eigenvalue weighted by atomic mass is 16.7.